The lowest BCUT2D eigenvalue weighted by molar-refractivity contribution is -0.129. The van der Waals surface area contributed by atoms with Gasteiger partial charge in [0.15, 0.2) is 11.5 Å². The van der Waals surface area contributed by atoms with Crippen LogP contribution in [0.2, 0.25) is 0 Å². The summed E-state index contributed by atoms with van der Waals surface area (Å²) in [5, 5.41) is 0. The van der Waals surface area contributed by atoms with Gasteiger partial charge in [0.1, 0.15) is 0 Å². The number of pyridine rings is 1. The number of hydrogen-bond donors (Lipinski definition) is 0. The van der Waals surface area contributed by atoms with E-state index in [1.807, 2.05) is 72.8 Å². The van der Waals surface area contributed by atoms with Crippen molar-refractivity contribution < 1.29 is 14.3 Å². The fourth-order valence-corrected chi connectivity index (χ4v) is 2.40. The van der Waals surface area contributed by atoms with Gasteiger partial charge < -0.3 is 9.47 Å². The predicted molar refractivity (Wildman–Crippen MR) is 107 cm³/mol. The zero-order chi connectivity index (χ0) is 18.9. The molecule has 0 atom stereocenters. The van der Waals surface area contributed by atoms with Gasteiger partial charge in [-0.15, -0.1) is 0 Å². The molecule has 1 aromatic heterocycles. The Balaban J connectivity index is 1.70. The summed E-state index contributed by atoms with van der Waals surface area (Å²) >= 11 is 0. The van der Waals surface area contributed by atoms with E-state index in [0.717, 1.165) is 16.8 Å². The van der Waals surface area contributed by atoms with Crippen LogP contribution in [0.15, 0.2) is 79.0 Å². The van der Waals surface area contributed by atoms with Crippen LogP contribution in [0.4, 0.5) is 0 Å². The van der Waals surface area contributed by atoms with Crippen molar-refractivity contribution in [2.45, 2.75) is 0 Å². The molecule has 0 radical (unpaired) electrons. The maximum Gasteiger partial charge on any atom is 0.336 e. The number of carbonyl (C=O) groups excluding carboxylic acids is 1. The summed E-state index contributed by atoms with van der Waals surface area (Å²) in [7, 11) is 1.54. The van der Waals surface area contributed by atoms with Crippen molar-refractivity contribution in [1.29, 1.82) is 0 Å². The molecule has 0 fully saturated rings. The number of ether oxygens (including phenoxy) is 2. The highest BCUT2D eigenvalue weighted by molar-refractivity contribution is 5.89. The maximum atomic E-state index is 12.1. The minimum atomic E-state index is -0.464. The van der Waals surface area contributed by atoms with Crippen LogP contribution in [0.5, 0.6) is 11.5 Å². The van der Waals surface area contributed by atoms with Crippen LogP contribution >= 0.6 is 0 Å². The monoisotopic (exact) mass is 357 g/mol. The summed E-state index contributed by atoms with van der Waals surface area (Å²) in [6.45, 7) is 0. The van der Waals surface area contributed by atoms with E-state index in [2.05, 4.69) is 4.98 Å². The molecule has 0 saturated heterocycles. The highest BCUT2D eigenvalue weighted by Gasteiger charge is 2.08. The molecule has 0 aliphatic rings. The van der Waals surface area contributed by atoms with E-state index in [-0.39, 0.29) is 0 Å². The highest BCUT2D eigenvalue weighted by atomic mass is 16.6. The third kappa shape index (κ3) is 5.41. The Morgan fingerprint density at radius 3 is 2.41 bits per heavy atom. The average Bonchev–Trinajstić information content (AvgIpc) is 2.73. The number of esters is 1. The summed E-state index contributed by atoms with van der Waals surface area (Å²) in [4.78, 5) is 16.3. The van der Waals surface area contributed by atoms with E-state index < -0.39 is 5.97 Å². The molecule has 0 bridgehead atoms. The van der Waals surface area contributed by atoms with Gasteiger partial charge in [0, 0.05) is 12.3 Å². The van der Waals surface area contributed by atoms with Gasteiger partial charge in [-0.25, -0.2) is 4.79 Å². The molecular formula is C23H19NO3. The van der Waals surface area contributed by atoms with Gasteiger partial charge in [-0.3, -0.25) is 4.98 Å². The Morgan fingerprint density at radius 1 is 0.852 bits per heavy atom. The van der Waals surface area contributed by atoms with Gasteiger partial charge in [0.25, 0.3) is 0 Å². The van der Waals surface area contributed by atoms with Crippen LogP contribution in [-0.2, 0) is 4.79 Å². The van der Waals surface area contributed by atoms with Crippen LogP contribution < -0.4 is 9.47 Å². The van der Waals surface area contributed by atoms with E-state index in [1.165, 1.54) is 6.08 Å². The second-order valence-corrected chi connectivity index (χ2v) is 5.66. The Labute approximate surface area is 158 Å². The molecule has 3 aromatic rings. The normalized spacial score (nSPS) is 11.0. The van der Waals surface area contributed by atoms with Crippen molar-refractivity contribution in [2.75, 3.05) is 7.11 Å². The topological polar surface area (TPSA) is 48.4 Å². The first-order valence-electron chi connectivity index (χ1n) is 8.47. The van der Waals surface area contributed by atoms with Gasteiger partial charge >= 0.3 is 5.97 Å². The fourth-order valence-electron chi connectivity index (χ4n) is 2.40. The summed E-state index contributed by atoms with van der Waals surface area (Å²) in [6.07, 6.45) is 8.67. The van der Waals surface area contributed by atoms with Crippen LogP contribution in [0.25, 0.3) is 18.2 Å². The first-order valence-corrected chi connectivity index (χ1v) is 8.47. The van der Waals surface area contributed by atoms with Crippen LogP contribution in [0.3, 0.4) is 0 Å². The third-order valence-corrected chi connectivity index (χ3v) is 3.74. The van der Waals surface area contributed by atoms with E-state index in [4.69, 9.17) is 9.47 Å². The Hall–Kier alpha value is -3.66. The smallest absolute Gasteiger partial charge is 0.336 e. The average molecular weight is 357 g/mol. The highest BCUT2D eigenvalue weighted by Crippen LogP contribution is 2.29. The lowest BCUT2D eigenvalue weighted by Crippen LogP contribution is -2.05. The summed E-state index contributed by atoms with van der Waals surface area (Å²) < 4.78 is 10.7. The van der Waals surface area contributed by atoms with E-state index in [1.54, 1.807) is 25.4 Å². The molecule has 0 unspecified atom stereocenters. The number of methoxy groups -OCH3 is 1. The Kier molecular flexibility index (Phi) is 6.15. The minimum absolute atomic E-state index is 0.371. The first kappa shape index (κ1) is 18.1. The lowest BCUT2D eigenvalue weighted by atomic mass is 10.1. The van der Waals surface area contributed by atoms with Crippen molar-refractivity contribution in [2.24, 2.45) is 0 Å². The molecule has 2 aromatic carbocycles. The molecule has 0 aliphatic carbocycles. The van der Waals surface area contributed by atoms with Gasteiger partial charge in [-0.1, -0.05) is 48.5 Å². The molecule has 0 N–H and O–H groups in total. The van der Waals surface area contributed by atoms with Crippen molar-refractivity contribution >= 4 is 24.2 Å². The van der Waals surface area contributed by atoms with Crippen molar-refractivity contribution in [3.63, 3.8) is 0 Å². The summed E-state index contributed by atoms with van der Waals surface area (Å²) in [6, 6.07) is 20.7. The quantitative estimate of drug-likeness (QED) is 0.358. The Bertz CT molecular complexity index is 948. The lowest BCUT2D eigenvalue weighted by Gasteiger charge is -2.08. The SMILES string of the molecule is COc1cc(/C=C/c2ccccn2)ccc1OC(=O)/C=C/c1ccccc1. The zero-order valence-corrected chi connectivity index (χ0v) is 14.9. The molecule has 3 rings (SSSR count). The standard InChI is InChI=1S/C23H19NO3/c1-26-22-17-19(10-13-20-9-5-6-16-24-20)11-14-21(22)27-23(25)15-12-18-7-3-2-4-8-18/h2-17H,1H3/b13-10+,15-12+. The predicted octanol–water partition coefficient (Wildman–Crippen LogP) is 4.88. The molecular weight excluding hydrogens is 338 g/mol. The van der Waals surface area contributed by atoms with Crippen LogP contribution in [0, 0.1) is 0 Å². The van der Waals surface area contributed by atoms with E-state index >= 15 is 0 Å². The summed E-state index contributed by atoms with van der Waals surface area (Å²) in [5.74, 6) is 0.392. The minimum Gasteiger partial charge on any atom is -0.493 e. The number of carbonyl (C=O) groups is 1. The molecule has 0 amide bonds. The molecule has 0 spiro atoms. The maximum absolute atomic E-state index is 12.1. The molecule has 1 heterocycles. The number of benzene rings is 2. The van der Waals surface area contributed by atoms with Crippen molar-refractivity contribution in [1.82, 2.24) is 4.98 Å². The fraction of sp³-hybridized carbons (Fsp3) is 0.0435. The molecule has 0 aliphatic heterocycles. The first-order chi connectivity index (χ1) is 13.2. The van der Waals surface area contributed by atoms with E-state index in [9.17, 15) is 4.79 Å². The Morgan fingerprint density at radius 2 is 1.67 bits per heavy atom. The molecule has 4 heteroatoms. The number of hydrogen-bond acceptors (Lipinski definition) is 4. The summed E-state index contributed by atoms with van der Waals surface area (Å²) in [5.41, 5.74) is 2.70. The van der Waals surface area contributed by atoms with Gasteiger partial charge in [0.2, 0.25) is 0 Å². The second-order valence-electron chi connectivity index (χ2n) is 5.66. The molecule has 27 heavy (non-hydrogen) atoms. The second kappa shape index (κ2) is 9.15. The van der Waals surface area contributed by atoms with Gasteiger partial charge in [-0.2, -0.15) is 0 Å². The largest absolute Gasteiger partial charge is 0.493 e. The third-order valence-electron chi connectivity index (χ3n) is 3.74. The number of aromatic nitrogens is 1. The molecule has 4 nitrogen and oxygen atoms in total. The number of rotatable bonds is 6. The molecule has 134 valence electrons. The van der Waals surface area contributed by atoms with Gasteiger partial charge in [-0.05, 0) is 47.5 Å². The van der Waals surface area contributed by atoms with Crippen LogP contribution in [0.1, 0.15) is 16.8 Å². The number of nitrogens with zero attached hydrogens (tertiary/aromatic N) is 1. The van der Waals surface area contributed by atoms with E-state index in [0.29, 0.717) is 11.5 Å². The van der Waals surface area contributed by atoms with Crippen LogP contribution in [-0.4, -0.2) is 18.1 Å². The van der Waals surface area contributed by atoms with Gasteiger partial charge in [0.05, 0.1) is 12.8 Å². The van der Waals surface area contributed by atoms with Crippen molar-refractivity contribution in [3.8, 4) is 11.5 Å². The zero-order valence-electron chi connectivity index (χ0n) is 14.9. The molecule has 0 saturated carbocycles. The van der Waals surface area contributed by atoms with Crippen molar-refractivity contribution in [3.05, 3.63) is 95.8 Å².